The Morgan fingerprint density at radius 2 is 1.88 bits per heavy atom. The van der Waals surface area contributed by atoms with Crippen molar-refractivity contribution in [1.82, 2.24) is 0 Å². The quantitative estimate of drug-likeness (QED) is 0.711. The molecular weight excluding hydrogens is 200 g/mol. The van der Waals surface area contributed by atoms with E-state index in [1.807, 2.05) is 13.0 Å². The zero-order valence-corrected chi connectivity index (χ0v) is 11.2. The van der Waals surface area contributed by atoms with E-state index in [1.54, 1.807) is 13.0 Å². The zero-order chi connectivity index (χ0) is 12.6. The van der Waals surface area contributed by atoms with E-state index in [-0.39, 0.29) is 11.3 Å². The smallest absolute Gasteiger partial charge is 0.0692 e. The van der Waals surface area contributed by atoms with Gasteiger partial charge in [0.2, 0.25) is 0 Å². The molecule has 1 rings (SSSR count). The third-order valence-electron chi connectivity index (χ3n) is 4.41. The average molecular weight is 226 g/mol. The Hall–Kier alpha value is -0.340. The third kappa shape index (κ3) is 2.67. The molecule has 1 fully saturated rings. The lowest BCUT2D eigenvalue weighted by Gasteiger charge is -2.50. The van der Waals surface area contributed by atoms with Crippen LogP contribution in [0.25, 0.3) is 0 Å². The maximum atomic E-state index is 10.5. The van der Waals surface area contributed by atoms with E-state index in [0.717, 1.165) is 12.8 Å². The van der Waals surface area contributed by atoms with Crippen LogP contribution in [-0.2, 0) is 0 Å². The normalized spacial score (nSPS) is 41.2. The first kappa shape index (κ1) is 13.7. The minimum absolute atomic E-state index is 0.0765. The Bertz CT molecular complexity index is 264. The molecule has 4 atom stereocenters. The fourth-order valence-corrected chi connectivity index (χ4v) is 2.87. The van der Waals surface area contributed by atoms with Gasteiger partial charge in [-0.25, -0.2) is 0 Å². The van der Waals surface area contributed by atoms with Crippen LogP contribution in [0, 0.1) is 17.3 Å². The Kier molecular flexibility index (Phi) is 3.86. The summed E-state index contributed by atoms with van der Waals surface area (Å²) in [5.74, 6) is 0.703. The van der Waals surface area contributed by atoms with Crippen molar-refractivity contribution in [3.8, 4) is 0 Å². The van der Waals surface area contributed by atoms with Crippen LogP contribution in [0.5, 0.6) is 0 Å². The van der Waals surface area contributed by atoms with E-state index >= 15 is 0 Å². The Labute approximate surface area is 99.4 Å². The molecule has 0 unspecified atom stereocenters. The summed E-state index contributed by atoms with van der Waals surface area (Å²) in [5.41, 5.74) is -0.575. The molecule has 1 aliphatic rings. The summed E-state index contributed by atoms with van der Waals surface area (Å²) in [5, 5.41) is 19.8. The number of aliphatic hydroxyl groups is 2. The van der Waals surface area contributed by atoms with Gasteiger partial charge < -0.3 is 10.2 Å². The van der Waals surface area contributed by atoms with Gasteiger partial charge in [-0.15, -0.1) is 0 Å². The molecule has 2 nitrogen and oxygen atoms in total. The first-order chi connectivity index (χ1) is 7.18. The van der Waals surface area contributed by atoms with Gasteiger partial charge in [-0.3, -0.25) is 0 Å². The van der Waals surface area contributed by atoms with Crippen molar-refractivity contribution in [3.63, 3.8) is 0 Å². The van der Waals surface area contributed by atoms with E-state index in [0.29, 0.717) is 5.92 Å². The molecule has 1 aliphatic carbocycles. The molecular formula is C14H26O2. The monoisotopic (exact) mass is 226 g/mol. The Morgan fingerprint density at radius 3 is 2.38 bits per heavy atom. The van der Waals surface area contributed by atoms with Gasteiger partial charge in [0.15, 0.2) is 0 Å². The molecule has 0 radical (unpaired) electrons. The topological polar surface area (TPSA) is 40.5 Å². The lowest BCUT2D eigenvalue weighted by molar-refractivity contribution is -0.0900. The van der Waals surface area contributed by atoms with Gasteiger partial charge in [-0.05, 0) is 38.0 Å². The van der Waals surface area contributed by atoms with Gasteiger partial charge in [0, 0.05) is 5.92 Å². The van der Waals surface area contributed by atoms with Gasteiger partial charge in [0.25, 0.3) is 0 Å². The summed E-state index contributed by atoms with van der Waals surface area (Å²) in [6, 6.07) is 0. The molecule has 0 aliphatic heterocycles. The molecule has 2 N–H and O–H groups in total. The molecule has 2 heteroatoms. The van der Waals surface area contributed by atoms with Gasteiger partial charge in [-0.2, -0.15) is 0 Å². The van der Waals surface area contributed by atoms with Crippen LogP contribution in [0.2, 0.25) is 0 Å². The van der Waals surface area contributed by atoms with Crippen LogP contribution in [0.4, 0.5) is 0 Å². The van der Waals surface area contributed by atoms with Crippen molar-refractivity contribution in [2.75, 3.05) is 0 Å². The van der Waals surface area contributed by atoms with E-state index < -0.39 is 11.7 Å². The number of hydrogen-bond acceptors (Lipinski definition) is 2. The van der Waals surface area contributed by atoms with Crippen molar-refractivity contribution in [3.05, 3.63) is 12.2 Å². The predicted molar refractivity (Wildman–Crippen MR) is 67.1 cm³/mol. The van der Waals surface area contributed by atoms with Crippen molar-refractivity contribution in [2.24, 2.45) is 17.3 Å². The Balaban J connectivity index is 2.96. The fourth-order valence-electron chi connectivity index (χ4n) is 2.87. The summed E-state index contributed by atoms with van der Waals surface area (Å²) >= 11 is 0. The summed E-state index contributed by atoms with van der Waals surface area (Å²) < 4.78 is 0. The molecule has 0 spiro atoms. The standard InChI is InChI=1S/C14H26O2/c1-10-8-9-14(5,16)12(13(10,3)4)7-6-11(2)15/h6-7,10-12,15-16H,8-9H2,1-5H3/b7-6+/t10-,11+,12-,14-/m1/s1. The van der Waals surface area contributed by atoms with Gasteiger partial charge in [-0.1, -0.05) is 32.9 Å². The lowest BCUT2D eigenvalue weighted by atomic mass is 9.57. The van der Waals surface area contributed by atoms with Crippen LogP contribution in [0.3, 0.4) is 0 Å². The van der Waals surface area contributed by atoms with Gasteiger partial charge in [0.05, 0.1) is 11.7 Å². The lowest BCUT2D eigenvalue weighted by Crippen LogP contribution is -2.49. The zero-order valence-electron chi connectivity index (χ0n) is 11.2. The molecule has 0 bridgehead atoms. The van der Waals surface area contributed by atoms with E-state index in [4.69, 9.17) is 0 Å². The molecule has 0 aromatic carbocycles. The van der Waals surface area contributed by atoms with Crippen LogP contribution in [0.15, 0.2) is 12.2 Å². The molecule has 0 saturated heterocycles. The summed E-state index contributed by atoms with van der Waals surface area (Å²) in [4.78, 5) is 0. The highest BCUT2D eigenvalue weighted by atomic mass is 16.3. The second-order valence-electron chi connectivity index (χ2n) is 6.22. The second-order valence-corrected chi connectivity index (χ2v) is 6.22. The first-order valence-electron chi connectivity index (χ1n) is 6.26. The van der Waals surface area contributed by atoms with Gasteiger partial charge in [0.1, 0.15) is 0 Å². The molecule has 16 heavy (non-hydrogen) atoms. The third-order valence-corrected chi connectivity index (χ3v) is 4.41. The van der Waals surface area contributed by atoms with Gasteiger partial charge >= 0.3 is 0 Å². The maximum absolute atomic E-state index is 10.5. The molecule has 1 saturated carbocycles. The number of aliphatic hydroxyl groups excluding tert-OH is 1. The summed E-state index contributed by atoms with van der Waals surface area (Å²) in [6.45, 7) is 10.3. The van der Waals surface area contributed by atoms with E-state index in [2.05, 4.69) is 20.8 Å². The van der Waals surface area contributed by atoms with Crippen LogP contribution >= 0.6 is 0 Å². The highest BCUT2D eigenvalue weighted by Crippen LogP contribution is 2.50. The van der Waals surface area contributed by atoms with Crippen LogP contribution < -0.4 is 0 Å². The van der Waals surface area contributed by atoms with E-state index in [1.165, 1.54) is 0 Å². The van der Waals surface area contributed by atoms with Crippen molar-refractivity contribution in [2.45, 2.75) is 59.2 Å². The number of hydrogen-bond donors (Lipinski definition) is 2. The molecule has 0 amide bonds. The minimum atomic E-state index is -0.651. The summed E-state index contributed by atoms with van der Waals surface area (Å²) in [6.07, 6.45) is 5.26. The average Bonchev–Trinajstić information content (AvgIpc) is 2.11. The summed E-state index contributed by atoms with van der Waals surface area (Å²) in [7, 11) is 0. The highest BCUT2D eigenvalue weighted by Gasteiger charge is 2.47. The minimum Gasteiger partial charge on any atom is -0.390 e. The molecule has 94 valence electrons. The van der Waals surface area contributed by atoms with E-state index in [9.17, 15) is 10.2 Å². The maximum Gasteiger partial charge on any atom is 0.0692 e. The SMILES string of the molecule is C[C@H](O)/C=C/[C@@H]1C(C)(C)[C@H](C)CC[C@@]1(C)O. The van der Waals surface area contributed by atoms with Crippen LogP contribution in [-0.4, -0.2) is 21.9 Å². The number of rotatable bonds is 2. The molecule has 0 aromatic heterocycles. The molecule has 0 aromatic rings. The Morgan fingerprint density at radius 1 is 1.31 bits per heavy atom. The second kappa shape index (κ2) is 4.50. The predicted octanol–water partition coefficient (Wildman–Crippen LogP) is 2.75. The van der Waals surface area contributed by atoms with Crippen molar-refractivity contribution < 1.29 is 10.2 Å². The van der Waals surface area contributed by atoms with Crippen molar-refractivity contribution in [1.29, 1.82) is 0 Å². The first-order valence-corrected chi connectivity index (χ1v) is 6.26. The highest BCUT2D eigenvalue weighted by molar-refractivity contribution is 5.09. The largest absolute Gasteiger partial charge is 0.390 e. The fraction of sp³-hybridized carbons (Fsp3) is 0.857. The van der Waals surface area contributed by atoms with Crippen LogP contribution in [0.1, 0.15) is 47.5 Å². The molecule has 0 heterocycles. The van der Waals surface area contributed by atoms with Crippen molar-refractivity contribution >= 4 is 0 Å².